The second-order valence-corrected chi connectivity index (χ2v) is 6.27. The summed E-state index contributed by atoms with van der Waals surface area (Å²) in [6.07, 6.45) is 5.62. The minimum Gasteiger partial charge on any atom is -0.468 e. The van der Waals surface area contributed by atoms with E-state index in [1.54, 1.807) is 0 Å². The van der Waals surface area contributed by atoms with Gasteiger partial charge in [0.25, 0.3) is 0 Å². The maximum Gasteiger partial charge on any atom is 0.326 e. The molecule has 0 bridgehead atoms. The van der Waals surface area contributed by atoms with Gasteiger partial charge in [-0.2, -0.15) is 0 Å². The first kappa shape index (κ1) is 14.8. The van der Waals surface area contributed by atoms with Crippen molar-refractivity contribution in [3.05, 3.63) is 0 Å². The Morgan fingerprint density at radius 1 is 1.37 bits per heavy atom. The van der Waals surface area contributed by atoms with Crippen LogP contribution in [-0.4, -0.2) is 37.9 Å². The van der Waals surface area contributed by atoms with E-state index in [2.05, 4.69) is 19.2 Å². The highest BCUT2D eigenvalue weighted by atomic mass is 16.5. The molecular formula is C15H27NO3. The molecule has 19 heavy (non-hydrogen) atoms. The van der Waals surface area contributed by atoms with Gasteiger partial charge in [-0.05, 0) is 37.5 Å². The average molecular weight is 269 g/mol. The molecule has 1 saturated carbocycles. The summed E-state index contributed by atoms with van der Waals surface area (Å²) >= 11 is 0. The number of rotatable bonds is 4. The minimum atomic E-state index is -0.516. The number of carbonyl (C=O) groups is 1. The molecule has 1 N–H and O–H groups in total. The third-order valence-corrected chi connectivity index (χ3v) is 4.82. The molecule has 4 heteroatoms. The van der Waals surface area contributed by atoms with E-state index in [9.17, 15) is 4.79 Å². The van der Waals surface area contributed by atoms with Gasteiger partial charge < -0.3 is 9.47 Å². The zero-order valence-corrected chi connectivity index (χ0v) is 12.4. The fraction of sp³-hybridized carbons (Fsp3) is 0.933. The molecule has 0 amide bonds. The summed E-state index contributed by atoms with van der Waals surface area (Å²) in [4.78, 5) is 12.3. The van der Waals surface area contributed by atoms with Crippen LogP contribution in [0.25, 0.3) is 0 Å². The summed E-state index contributed by atoms with van der Waals surface area (Å²) in [6.45, 7) is 5.98. The van der Waals surface area contributed by atoms with Gasteiger partial charge in [-0.25, -0.2) is 0 Å². The van der Waals surface area contributed by atoms with E-state index in [0.29, 0.717) is 11.8 Å². The van der Waals surface area contributed by atoms with E-state index < -0.39 is 5.54 Å². The molecule has 2 aliphatic rings. The van der Waals surface area contributed by atoms with Gasteiger partial charge in [0.1, 0.15) is 5.54 Å². The normalized spacial score (nSPS) is 39.2. The largest absolute Gasteiger partial charge is 0.468 e. The van der Waals surface area contributed by atoms with Gasteiger partial charge in [-0.15, -0.1) is 0 Å². The molecule has 1 heterocycles. The van der Waals surface area contributed by atoms with Crippen molar-refractivity contribution in [3.8, 4) is 0 Å². The molecule has 0 aromatic carbocycles. The molecule has 0 spiro atoms. The fourth-order valence-electron chi connectivity index (χ4n) is 3.52. The van der Waals surface area contributed by atoms with Crippen molar-refractivity contribution in [1.82, 2.24) is 5.32 Å². The van der Waals surface area contributed by atoms with Crippen LogP contribution in [-0.2, 0) is 14.3 Å². The van der Waals surface area contributed by atoms with E-state index in [4.69, 9.17) is 9.47 Å². The standard InChI is InChI=1S/C15H27NO3/c1-11-6-7-12(2)15(9-11,14(17)18-3)16-10-13-5-4-8-19-13/h11-13,16H,4-10H2,1-3H3. The third kappa shape index (κ3) is 3.11. The summed E-state index contributed by atoms with van der Waals surface area (Å²) in [5.41, 5.74) is -0.516. The highest BCUT2D eigenvalue weighted by Crippen LogP contribution is 2.38. The maximum atomic E-state index is 12.3. The van der Waals surface area contributed by atoms with E-state index in [1.165, 1.54) is 13.5 Å². The summed E-state index contributed by atoms with van der Waals surface area (Å²) in [7, 11) is 1.49. The highest BCUT2D eigenvalue weighted by molar-refractivity contribution is 5.81. The Bertz CT molecular complexity index is 315. The van der Waals surface area contributed by atoms with Crippen LogP contribution in [0.2, 0.25) is 0 Å². The zero-order valence-electron chi connectivity index (χ0n) is 12.4. The van der Waals surface area contributed by atoms with Crippen LogP contribution in [0.15, 0.2) is 0 Å². The van der Waals surface area contributed by atoms with Crippen LogP contribution >= 0.6 is 0 Å². The minimum absolute atomic E-state index is 0.107. The van der Waals surface area contributed by atoms with Crippen molar-refractivity contribution in [2.75, 3.05) is 20.3 Å². The van der Waals surface area contributed by atoms with Gasteiger partial charge in [-0.1, -0.05) is 20.3 Å². The first-order chi connectivity index (χ1) is 9.08. The predicted molar refractivity (Wildman–Crippen MR) is 73.9 cm³/mol. The molecule has 0 aromatic rings. The van der Waals surface area contributed by atoms with Gasteiger partial charge in [0, 0.05) is 13.2 Å². The number of hydrogen-bond donors (Lipinski definition) is 1. The number of methoxy groups -OCH3 is 1. The summed E-state index contributed by atoms with van der Waals surface area (Å²) < 4.78 is 10.7. The lowest BCUT2D eigenvalue weighted by Crippen LogP contribution is -2.61. The van der Waals surface area contributed by atoms with E-state index in [-0.39, 0.29) is 12.1 Å². The first-order valence-electron chi connectivity index (χ1n) is 7.53. The Morgan fingerprint density at radius 3 is 2.79 bits per heavy atom. The van der Waals surface area contributed by atoms with Crippen LogP contribution in [0.5, 0.6) is 0 Å². The Balaban J connectivity index is 2.06. The van der Waals surface area contributed by atoms with Gasteiger partial charge in [0.2, 0.25) is 0 Å². The topological polar surface area (TPSA) is 47.6 Å². The Hall–Kier alpha value is -0.610. The number of nitrogens with one attached hydrogen (secondary N) is 1. The van der Waals surface area contributed by atoms with Gasteiger partial charge in [0.05, 0.1) is 13.2 Å². The summed E-state index contributed by atoms with van der Waals surface area (Å²) in [5, 5.41) is 3.51. The molecule has 4 atom stereocenters. The molecular weight excluding hydrogens is 242 g/mol. The molecule has 0 radical (unpaired) electrons. The first-order valence-corrected chi connectivity index (χ1v) is 7.53. The van der Waals surface area contributed by atoms with Crippen LogP contribution in [0.4, 0.5) is 0 Å². The molecule has 1 aliphatic heterocycles. The van der Waals surface area contributed by atoms with Crippen LogP contribution in [0.1, 0.15) is 46.0 Å². The molecule has 2 fully saturated rings. The molecule has 4 nitrogen and oxygen atoms in total. The summed E-state index contributed by atoms with van der Waals surface area (Å²) in [5.74, 6) is 0.773. The molecule has 1 aliphatic carbocycles. The number of ether oxygens (including phenoxy) is 2. The van der Waals surface area contributed by atoms with Gasteiger partial charge in [0.15, 0.2) is 0 Å². The van der Waals surface area contributed by atoms with Crippen molar-refractivity contribution >= 4 is 5.97 Å². The van der Waals surface area contributed by atoms with Crippen molar-refractivity contribution in [3.63, 3.8) is 0 Å². The van der Waals surface area contributed by atoms with E-state index in [1.807, 2.05) is 0 Å². The second kappa shape index (κ2) is 6.23. The second-order valence-electron chi connectivity index (χ2n) is 6.27. The Morgan fingerprint density at radius 2 is 2.16 bits per heavy atom. The van der Waals surface area contributed by atoms with E-state index >= 15 is 0 Å². The van der Waals surface area contributed by atoms with Crippen molar-refractivity contribution in [2.24, 2.45) is 11.8 Å². The van der Waals surface area contributed by atoms with Crippen molar-refractivity contribution in [1.29, 1.82) is 0 Å². The van der Waals surface area contributed by atoms with Crippen LogP contribution in [0.3, 0.4) is 0 Å². The lowest BCUT2D eigenvalue weighted by atomic mass is 9.69. The highest BCUT2D eigenvalue weighted by Gasteiger charge is 2.47. The average Bonchev–Trinajstić information content (AvgIpc) is 2.92. The van der Waals surface area contributed by atoms with Gasteiger partial charge >= 0.3 is 5.97 Å². The number of hydrogen-bond acceptors (Lipinski definition) is 4. The molecule has 1 saturated heterocycles. The Labute approximate surface area is 116 Å². The van der Waals surface area contributed by atoms with E-state index in [0.717, 1.165) is 38.8 Å². The molecule has 0 aromatic heterocycles. The van der Waals surface area contributed by atoms with Crippen LogP contribution < -0.4 is 5.32 Å². The number of esters is 1. The van der Waals surface area contributed by atoms with Gasteiger partial charge in [-0.3, -0.25) is 10.1 Å². The zero-order chi connectivity index (χ0) is 13.9. The third-order valence-electron chi connectivity index (χ3n) is 4.82. The summed E-state index contributed by atoms with van der Waals surface area (Å²) in [6, 6.07) is 0. The predicted octanol–water partition coefficient (Wildman–Crippen LogP) is 2.12. The molecule has 4 unspecified atom stereocenters. The Kier molecular flexibility index (Phi) is 4.85. The van der Waals surface area contributed by atoms with Crippen molar-refractivity contribution < 1.29 is 14.3 Å². The molecule has 110 valence electrons. The SMILES string of the molecule is COC(=O)C1(NCC2CCCO2)CC(C)CCC1C. The fourth-order valence-corrected chi connectivity index (χ4v) is 3.52. The monoisotopic (exact) mass is 269 g/mol. The lowest BCUT2D eigenvalue weighted by molar-refractivity contribution is -0.154. The van der Waals surface area contributed by atoms with Crippen molar-refractivity contribution in [2.45, 2.75) is 57.6 Å². The lowest BCUT2D eigenvalue weighted by Gasteiger charge is -2.43. The van der Waals surface area contributed by atoms with Crippen LogP contribution in [0, 0.1) is 11.8 Å². The maximum absolute atomic E-state index is 12.3. The molecule has 2 rings (SSSR count). The number of carbonyl (C=O) groups excluding carboxylic acids is 1. The smallest absolute Gasteiger partial charge is 0.326 e. The quantitative estimate of drug-likeness (QED) is 0.794.